The molecule has 4 heteroatoms. The zero-order valence-electron chi connectivity index (χ0n) is 11.6. The summed E-state index contributed by atoms with van der Waals surface area (Å²) in [6, 6.07) is 5.23. The smallest absolute Gasteiger partial charge is 0.144 e. The van der Waals surface area contributed by atoms with E-state index in [1.165, 1.54) is 0 Å². The van der Waals surface area contributed by atoms with E-state index in [9.17, 15) is 8.94 Å². The Labute approximate surface area is 112 Å². The highest BCUT2D eigenvalue weighted by Gasteiger charge is 2.27. The van der Waals surface area contributed by atoms with Crippen LogP contribution in [0.3, 0.4) is 0 Å². The van der Waals surface area contributed by atoms with Crippen molar-refractivity contribution in [3.05, 3.63) is 35.1 Å². The van der Waals surface area contributed by atoms with Crippen LogP contribution < -0.4 is 0 Å². The molecule has 0 aliphatic carbocycles. The minimum Gasteiger partial charge on any atom is -0.591 e. The number of aryl methyl sites for hydroxylation is 1. The molecule has 0 saturated carbocycles. The topological polar surface area (TPSA) is 35.4 Å². The molecule has 0 amide bonds. The maximum atomic E-state index is 14.1. The fourth-order valence-corrected chi connectivity index (χ4v) is 2.06. The van der Waals surface area contributed by atoms with E-state index in [0.717, 1.165) is 0 Å². The van der Waals surface area contributed by atoms with Crippen molar-refractivity contribution in [2.75, 3.05) is 0 Å². The normalized spacial score (nSPS) is 14.7. The molecule has 0 saturated heterocycles. The summed E-state index contributed by atoms with van der Waals surface area (Å²) in [5.74, 6) is -0.257. The average molecular weight is 269 g/mol. The van der Waals surface area contributed by atoms with Crippen LogP contribution in [-0.2, 0) is 17.8 Å². The van der Waals surface area contributed by atoms with Crippen LogP contribution in [0.25, 0.3) is 0 Å². The molecule has 1 aromatic rings. The van der Waals surface area contributed by atoms with Crippen LogP contribution in [-0.4, -0.2) is 15.0 Å². The molecule has 0 fully saturated rings. The first-order valence-corrected chi connectivity index (χ1v) is 7.13. The van der Waals surface area contributed by atoms with E-state index in [1.807, 2.05) is 27.7 Å². The molecule has 1 atom stereocenters. The Morgan fingerprint density at radius 3 is 2.50 bits per heavy atom. The fourth-order valence-electron chi connectivity index (χ4n) is 1.44. The zero-order chi connectivity index (χ0) is 13.9. The Morgan fingerprint density at radius 1 is 1.39 bits per heavy atom. The van der Waals surface area contributed by atoms with Gasteiger partial charge in [-0.1, -0.05) is 29.5 Å². The predicted molar refractivity (Wildman–Crippen MR) is 75.9 cm³/mol. The third-order valence-electron chi connectivity index (χ3n) is 2.59. The number of nitrogens with zero attached hydrogens (tertiary/aromatic N) is 1. The van der Waals surface area contributed by atoms with E-state index in [2.05, 4.69) is 4.40 Å². The SMILES string of the molecule is CCc1cccc(C(C)=N[S@@+]([O-])C(C)(C)C)c1F. The lowest BCUT2D eigenvalue weighted by molar-refractivity contribution is 0.561. The van der Waals surface area contributed by atoms with Crippen molar-refractivity contribution in [2.24, 2.45) is 4.40 Å². The first kappa shape index (κ1) is 15.2. The van der Waals surface area contributed by atoms with E-state index in [1.54, 1.807) is 25.1 Å². The van der Waals surface area contributed by atoms with E-state index >= 15 is 0 Å². The first-order valence-electron chi connectivity index (χ1n) is 6.02. The number of benzene rings is 1. The van der Waals surface area contributed by atoms with Crippen LogP contribution in [0.4, 0.5) is 4.39 Å². The second-order valence-electron chi connectivity index (χ2n) is 5.17. The number of rotatable bonds is 3. The van der Waals surface area contributed by atoms with Gasteiger partial charge in [0.25, 0.3) is 0 Å². The highest BCUT2D eigenvalue weighted by molar-refractivity contribution is 7.91. The summed E-state index contributed by atoms with van der Waals surface area (Å²) in [6.07, 6.45) is 0.634. The second-order valence-corrected chi connectivity index (χ2v) is 7.08. The van der Waals surface area contributed by atoms with Crippen LogP contribution in [0.2, 0.25) is 0 Å². The molecule has 0 N–H and O–H groups in total. The number of halogens is 1. The van der Waals surface area contributed by atoms with Gasteiger partial charge in [-0.2, -0.15) is 0 Å². The summed E-state index contributed by atoms with van der Waals surface area (Å²) in [7, 11) is 0. The van der Waals surface area contributed by atoms with Crippen molar-refractivity contribution in [1.29, 1.82) is 0 Å². The highest BCUT2D eigenvalue weighted by Crippen LogP contribution is 2.20. The maximum Gasteiger partial charge on any atom is 0.144 e. The molecule has 0 aliphatic rings. The van der Waals surface area contributed by atoms with Gasteiger partial charge < -0.3 is 4.55 Å². The monoisotopic (exact) mass is 269 g/mol. The molecule has 100 valence electrons. The van der Waals surface area contributed by atoms with Crippen molar-refractivity contribution < 1.29 is 8.94 Å². The Kier molecular flexibility index (Phi) is 4.93. The summed E-state index contributed by atoms with van der Waals surface area (Å²) >= 11 is -1.36. The third kappa shape index (κ3) is 3.56. The quantitative estimate of drug-likeness (QED) is 0.609. The number of hydrogen-bond acceptors (Lipinski definition) is 2. The Morgan fingerprint density at radius 2 is 2.00 bits per heavy atom. The van der Waals surface area contributed by atoms with Crippen molar-refractivity contribution in [1.82, 2.24) is 0 Å². The van der Waals surface area contributed by atoms with Crippen LogP contribution in [0.15, 0.2) is 22.6 Å². The van der Waals surface area contributed by atoms with Gasteiger partial charge in [-0.3, -0.25) is 0 Å². The number of hydrogen-bond donors (Lipinski definition) is 0. The lowest BCUT2D eigenvalue weighted by Gasteiger charge is -2.19. The molecule has 0 bridgehead atoms. The van der Waals surface area contributed by atoms with Gasteiger partial charge in [0.05, 0.1) is 5.71 Å². The van der Waals surface area contributed by atoms with Gasteiger partial charge in [-0.15, -0.1) is 0 Å². The van der Waals surface area contributed by atoms with Crippen molar-refractivity contribution in [3.8, 4) is 0 Å². The molecule has 18 heavy (non-hydrogen) atoms. The highest BCUT2D eigenvalue weighted by atomic mass is 32.2. The summed E-state index contributed by atoms with van der Waals surface area (Å²) in [6.45, 7) is 9.14. The summed E-state index contributed by atoms with van der Waals surface area (Å²) in [5, 5.41) is 0. The molecular weight excluding hydrogens is 249 g/mol. The summed E-state index contributed by atoms with van der Waals surface area (Å²) < 4.78 is 29.7. The van der Waals surface area contributed by atoms with Gasteiger partial charge in [0.2, 0.25) is 0 Å². The average Bonchev–Trinajstić information content (AvgIpc) is 2.27. The van der Waals surface area contributed by atoms with Gasteiger partial charge >= 0.3 is 0 Å². The minimum atomic E-state index is -1.36. The summed E-state index contributed by atoms with van der Waals surface area (Å²) in [4.78, 5) is 0. The largest absolute Gasteiger partial charge is 0.591 e. The van der Waals surface area contributed by atoms with Crippen molar-refractivity contribution in [3.63, 3.8) is 0 Å². The van der Waals surface area contributed by atoms with Crippen LogP contribution >= 0.6 is 0 Å². The molecule has 0 heterocycles. The van der Waals surface area contributed by atoms with Gasteiger partial charge in [0.15, 0.2) is 0 Å². The molecule has 1 aromatic carbocycles. The van der Waals surface area contributed by atoms with E-state index in [-0.39, 0.29) is 5.82 Å². The maximum absolute atomic E-state index is 14.1. The van der Waals surface area contributed by atoms with Crippen molar-refractivity contribution >= 4 is 17.1 Å². The Hall–Kier alpha value is -0.870. The lowest BCUT2D eigenvalue weighted by Crippen LogP contribution is -2.26. The second kappa shape index (κ2) is 5.85. The van der Waals surface area contributed by atoms with Crippen molar-refractivity contribution in [2.45, 2.75) is 45.8 Å². The Bertz CT molecular complexity index is 452. The first-order chi connectivity index (χ1) is 8.27. The molecule has 0 unspecified atom stereocenters. The molecule has 2 nitrogen and oxygen atoms in total. The third-order valence-corrected chi connectivity index (χ3v) is 4.08. The Balaban J connectivity index is 3.11. The fraction of sp³-hybridized carbons (Fsp3) is 0.500. The van der Waals surface area contributed by atoms with Crippen LogP contribution in [0.1, 0.15) is 45.7 Å². The molecule has 0 radical (unpaired) electrons. The van der Waals surface area contributed by atoms with Crippen LogP contribution in [0.5, 0.6) is 0 Å². The predicted octanol–water partition coefficient (Wildman–Crippen LogP) is 3.66. The van der Waals surface area contributed by atoms with Gasteiger partial charge in [0.1, 0.15) is 21.9 Å². The molecular formula is C14H20FNOS. The standard InChI is InChI=1S/C14H20FNOS/c1-6-11-8-7-9-12(13(11)15)10(2)16-18(17)14(3,4)5/h7-9H,6H2,1-5H3/t18-/m0/s1. The molecule has 1 rings (SSSR count). The van der Waals surface area contributed by atoms with Gasteiger partial charge in [0, 0.05) is 5.56 Å². The van der Waals surface area contributed by atoms with Gasteiger partial charge in [-0.05, 0) is 39.7 Å². The van der Waals surface area contributed by atoms with E-state index < -0.39 is 16.1 Å². The molecule has 0 spiro atoms. The molecule has 0 aliphatic heterocycles. The van der Waals surface area contributed by atoms with Gasteiger partial charge in [-0.25, -0.2) is 4.39 Å². The lowest BCUT2D eigenvalue weighted by atomic mass is 10.0. The summed E-state index contributed by atoms with van der Waals surface area (Å²) in [5.41, 5.74) is 1.58. The van der Waals surface area contributed by atoms with Crippen LogP contribution in [0, 0.1) is 5.82 Å². The molecule has 0 aromatic heterocycles. The van der Waals surface area contributed by atoms with E-state index in [0.29, 0.717) is 23.3 Å². The minimum absolute atomic E-state index is 0.257. The van der Waals surface area contributed by atoms with E-state index in [4.69, 9.17) is 0 Å². The zero-order valence-corrected chi connectivity index (χ0v) is 12.4.